The van der Waals surface area contributed by atoms with Gasteiger partial charge in [-0.2, -0.15) is 0 Å². The molecule has 0 unspecified atom stereocenters. The van der Waals surface area contributed by atoms with Crippen LogP contribution in [-0.4, -0.2) is 51.9 Å². The minimum absolute atomic E-state index is 0.0687. The summed E-state index contributed by atoms with van der Waals surface area (Å²) in [6, 6.07) is 9.06. The second-order valence-corrected chi connectivity index (χ2v) is 6.46. The summed E-state index contributed by atoms with van der Waals surface area (Å²) in [5.41, 5.74) is 3.09. The summed E-state index contributed by atoms with van der Waals surface area (Å²) >= 11 is 0. The second-order valence-electron chi connectivity index (χ2n) is 6.46. The lowest BCUT2D eigenvalue weighted by Gasteiger charge is -2.24. The van der Waals surface area contributed by atoms with Crippen LogP contribution in [0.4, 0.5) is 5.82 Å². The molecule has 0 aliphatic rings. The number of benzene rings is 1. The molecule has 1 aromatic carbocycles. The van der Waals surface area contributed by atoms with E-state index >= 15 is 0 Å². The Bertz CT molecular complexity index is 911. The molecule has 0 N–H and O–H groups in total. The number of carbonyl (C=O) groups excluding carboxylic acids is 1. The van der Waals surface area contributed by atoms with Crippen molar-refractivity contribution in [2.24, 2.45) is 0 Å². The number of anilines is 1. The summed E-state index contributed by atoms with van der Waals surface area (Å²) in [4.78, 5) is 33.3. The van der Waals surface area contributed by atoms with Gasteiger partial charge in [0.1, 0.15) is 12.1 Å². The van der Waals surface area contributed by atoms with Crippen LogP contribution < -0.4 is 4.90 Å². The summed E-state index contributed by atoms with van der Waals surface area (Å²) in [7, 11) is 5.61. The zero-order valence-electron chi connectivity index (χ0n) is 15.9. The summed E-state index contributed by atoms with van der Waals surface area (Å²) in [5.74, 6) is 0.715. The highest BCUT2D eigenvalue weighted by Crippen LogP contribution is 2.22. The Morgan fingerprint density at radius 3 is 2.37 bits per heavy atom. The molecule has 3 aromatic rings. The van der Waals surface area contributed by atoms with Crippen molar-refractivity contribution in [3.63, 3.8) is 0 Å². The third kappa shape index (κ3) is 4.08. The first-order valence-electron chi connectivity index (χ1n) is 8.60. The number of hydrogen-bond acceptors (Lipinski definition) is 6. The average molecular weight is 362 g/mol. The first-order valence-corrected chi connectivity index (χ1v) is 8.60. The highest BCUT2D eigenvalue weighted by molar-refractivity contribution is 5.94. The van der Waals surface area contributed by atoms with Crippen molar-refractivity contribution in [3.8, 4) is 11.3 Å². The molecule has 2 heterocycles. The lowest BCUT2D eigenvalue weighted by molar-refractivity contribution is 0.0739. The fourth-order valence-electron chi connectivity index (χ4n) is 2.62. The number of nitrogens with zero attached hydrogens (tertiary/aromatic N) is 6. The maximum Gasteiger partial charge on any atom is 0.254 e. The highest BCUT2D eigenvalue weighted by atomic mass is 16.2. The third-order valence-corrected chi connectivity index (χ3v) is 4.44. The predicted molar refractivity (Wildman–Crippen MR) is 104 cm³/mol. The minimum atomic E-state index is -0.150. The zero-order chi connectivity index (χ0) is 19.4. The van der Waals surface area contributed by atoms with Crippen molar-refractivity contribution >= 4 is 11.7 Å². The largest absolute Gasteiger partial charge is 0.361 e. The summed E-state index contributed by atoms with van der Waals surface area (Å²) in [6.07, 6.45) is 6.59. The number of rotatable bonds is 5. The molecule has 2 aromatic heterocycles. The molecule has 1 amide bonds. The van der Waals surface area contributed by atoms with Crippen LogP contribution in [0.5, 0.6) is 0 Å². The van der Waals surface area contributed by atoms with Crippen LogP contribution in [0.3, 0.4) is 0 Å². The van der Waals surface area contributed by atoms with Crippen LogP contribution in [0.2, 0.25) is 0 Å². The molecule has 138 valence electrons. The molecule has 0 saturated heterocycles. The quantitative estimate of drug-likeness (QED) is 0.695. The van der Waals surface area contributed by atoms with Crippen LogP contribution in [0.1, 0.15) is 29.0 Å². The van der Waals surface area contributed by atoms with E-state index in [-0.39, 0.29) is 11.9 Å². The molecule has 7 nitrogen and oxygen atoms in total. The van der Waals surface area contributed by atoms with Crippen molar-refractivity contribution in [2.75, 3.05) is 26.0 Å². The van der Waals surface area contributed by atoms with Crippen molar-refractivity contribution in [3.05, 3.63) is 66.5 Å². The normalized spacial score (nSPS) is 11.7. The van der Waals surface area contributed by atoms with Gasteiger partial charge in [-0.3, -0.25) is 9.78 Å². The molecular formula is C20H22N6O. The van der Waals surface area contributed by atoms with Gasteiger partial charge < -0.3 is 9.80 Å². The molecular weight excluding hydrogens is 340 g/mol. The van der Waals surface area contributed by atoms with E-state index in [1.165, 1.54) is 6.33 Å². The zero-order valence-corrected chi connectivity index (χ0v) is 15.9. The SMILES string of the molecule is C[C@@H](c1ccncn1)N(C)C(=O)c1ccc(-c2cncc(N(C)C)n2)cc1. The molecule has 3 rings (SSSR count). The molecule has 7 heteroatoms. The van der Waals surface area contributed by atoms with Crippen LogP contribution >= 0.6 is 0 Å². The highest BCUT2D eigenvalue weighted by Gasteiger charge is 2.20. The first-order chi connectivity index (χ1) is 13.0. The van der Waals surface area contributed by atoms with Gasteiger partial charge in [-0.15, -0.1) is 0 Å². The number of hydrogen-bond donors (Lipinski definition) is 0. The smallest absolute Gasteiger partial charge is 0.254 e. The van der Waals surface area contributed by atoms with Crippen LogP contribution in [0.25, 0.3) is 11.3 Å². The van der Waals surface area contributed by atoms with Crippen molar-refractivity contribution in [2.45, 2.75) is 13.0 Å². The molecule has 0 fully saturated rings. The monoisotopic (exact) mass is 362 g/mol. The van der Waals surface area contributed by atoms with Gasteiger partial charge in [-0.05, 0) is 25.1 Å². The second kappa shape index (κ2) is 7.90. The van der Waals surface area contributed by atoms with Gasteiger partial charge >= 0.3 is 0 Å². The lowest BCUT2D eigenvalue weighted by Crippen LogP contribution is -2.30. The van der Waals surface area contributed by atoms with E-state index in [2.05, 4.69) is 19.9 Å². The van der Waals surface area contributed by atoms with Crippen molar-refractivity contribution < 1.29 is 4.79 Å². The van der Waals surface area contributed by atoms with E-state index in [9.17, 15) is 4.79 Å². The van der Waals surface area contributed by atoms with Crippen LogP contribution in [-0.2, 0) is 0 Å². The minimum Gasteiger partial charge on any atom is -0.361 e. The molecule has 27 heavy (non-hydrogen) atoms. The molecule has 0 spiro atoms. The van der Waals surface area contributed by atoms with E-state index in [1.807, 2.05) is 56.3 Å². The summed E-state index contributed by atoms with van der Waals surface area (Å²) in [5, 5.41) is 0. The fraction of sp³-hybridized carbons (Fsp3) is 0.250. The van der Waals surface area contributed by atoms with Crippen LogP contribution in [0.15, 0.2) is 55.2 Å². The Balaban J connectivity index is 1.78. The maximum absolute atomic E-state index is 12.8. The van der Waals surface area contributed by atoms with Crippen molar-refractivity contribution in [1.82, 2.24) is 24.8 Å². The van der Waals surface area contributed by atoms with E-state index in [0.717, 1.165) is 22.8 Å². The van der Waals surface area contributed by atoms with Gasteiger partial charge in [0.05, 0.1) is 29.8 Å². The van der Waals surface area contributed by atoms with Gasteiger partial charge in [-0.1, -0.05) is 12.1 Å². The number of carbonyl (C=O) groups is 1. The molecule has 0 bridgehead atoms. The Labute approximate surface area is 158 Å². The Hall–Kier alpha value is -3.35. The van der Waals surface area contributed by atoms with E-state index < -0.39 is 0 Å². The van der Waals surface area contributed by atoms with E-state index in [4.69, 9.17) is 0 Å². The Kier molecular flexibility index (Phi) is 5.40. The average Bonchev–Trinajstić information content (AvgIpc) is 2.73. The van der Waals surface area contributed by atoms with Crippen molar-refractivity contribution in [1.29, 1.82) is 0 Å². The van der Waals surface area contributed by atoms with Crippen LogP contribution in [0, 0.1) is 0 Å². The van der Waals surface area contributed by atoms with E-state index in [0.29, 0.717) is 5.56 Å². The standard InChI is InChI=1S/C20H22N6O/c1-14(17-9-10-21-13-23-17)26(4)20(27)16-7-5-15(6-8-16)18-11-22-12-19(24-18)25(2)3/h5-14H,1-4H3/t14-/m0/s1. The predicted octanol–water partition coefficient (Wildman–Crippen LogP) is 2.83. The molecule has 0 radical (unpaired) electrons. The topological polar surface area (TPSA) is 75.1 Å². The van der Waals surface area contributed by atoms with Gasteiger partial charge in [0.2, 0.25) is 0 Å². The molecule has 0 saturated carbocycles. The van der Waals surface area contributed by atoms with E-state index in [1.54, 1.807) is 30.5 Å². The lowest BCUT2D eigenvalue weighted by atomic mass is 10.1. The number of amides is 1. The summed E-state index contributed by atoms with van der Waals surface area (Å²) < 4.78 is 0. The Morgan fingerprint density at radius 2 is 1.74 bits per heavy atom. The van der Waals surface area contributed by atoms with Gasteiger partial charge in [-0.25, -0.2) is 15.0 Å². The maximum atomic E-state index is 12.8. The molecule has 1 atom stereocenters. The van der Waals surface area contributed by atoms with Gasteiger partial charge in [0, 0.05) is 38.5 Å². The third-order valence-electron chi connectivity index (χ3n) is 4.44. The molecule has 0 aliphatic heterocycles. The fourth-order valence-corrected chi connectivity index (χ4v) is 2.62. The number of aromatic nitrogens is 4. The first kappa shape index (κ1) is 18.4. The van der Waals surface area contributed by atoms with Gasteiger partial charge in [0.15, 0.2) is 0 Å². The molecule has 0 aliphatic carbocycles. The Morgan fingerprint density at radius 1 is 1.00 bits per heavy atom. The summed E-state index contributed by atoms with van der Waals surface area (Å²) in [6.45, 7) is 1.94. The van der Waals surface area contributed by atoms with Gasteiger partial charge in [0.25, 0.3) is 5.91 Å².